The van der Waals surface area contributed by atoms with Gasteiger partial charge in [-0.25, -0.2) is 12.7 Å². The number of carbonyl (C=O) groups is 1. The molecule has 0 saturated carbocycles. The van der Waals surface area contributed by atoms with E-state index >= 15 is 0 Å². The first-order valence-electron chi connectivity index (χ1n) is 13.0. The number of benzene rings is 2. The minimum atomic E-state index is -3.76. The zero-order valence-electron chi connectivity index (χ0n) is 23.4. The van der Waals surface area contributed by atoms with Crippen molar-refractivity contribution in [1.29, 1.82) is 0 Å². The summed E-state index contributed by atoms with van der Waals surface area (Å²) >= 11 is 6.60. The molecule has 0 spiro atoms. The van der Waals surface area contributed by atoms with E-state index in [2.05, 4.69) is 29.2 Å². The van der Waals surface area contributed by atoms with Crippen LogP contribution in [0.1, 0.15) is 36.8 Å². The number of hydrogen-bond acceptors (Lipinski definition) is 6. The highest BCUT2D eigenvalue weighted by molar-refractivity contribution is 7.89. The summed E-state index contributed by atoms with van der Waals surface area (Å²) < 4.78 is 32.8. The van der Waals surface area contributed by atoms with Crippen molar-refractivity contribution < 1.29 is 17.9 Å². The van der Waals surface area contributed by atoms with Crippen molar-refractivity contribution in [3.05, 3.63) is 46.5 Å². The Balaban J connectivity index is 1.55. The van der Waals surface area contributed by atoms with Crippen LogP contribution in [-0.4, -0.2) is 78.0 Å². The summed E-state index contributed by atoms with van der Waals surface area (Å²) in [6.45, 7) is 6.58. The van der Waals surface area contributed by atoms with Crippen LogP contribution in [0.25, 0.3) is 0 Å². The number of nitrogens with zero attached hydrogens (tertiary/aromatic N) is 3. The van der Waals surface area contributed by atoms with E-state index in [0.29, 0.717) is 27.6 Å². The van der Waals surface area contributed by atoms with Gasteiger partial charge < -0.3 is 19.9 Å². The maximum Gasteiger partial charge on any atom is 0.243 e. The van der Waals surface area contributed by atoms with Gasteiger partial charge in [0.1, 0.15) is 5.75 Å². The molecule has 8 nitrogen and oxygen atoms in total. The van der Waals surface area contributed by atoms with Crippen molar-refractivity contribution in [2.45, 2.75) is 44.4 Å². The molecule has 1 N–H and O–H groups in total. The highest BCUT2D eigenvalue weighted by atomic mass is 35.5. The smallest absolute Gasteiger partial charge is 0.243 e. The summed E-state index contributed by atoms with van der Waals surface area (Å²) in [6, 6.07) is 8.95. The predicted octanol–water partition coefficient (Wildman–Crippen LogP) is 4.78. The second-order valence-corrected chi connectivity index (χ2v) is 12.8. The van der Waals surface area contributed by atoms with Gasteiger partial charge in [-0.3, -0.25) is 4.79 Å². The van der Waals surface area contributed by atoms with E-state index in [-0.39, 0.29) is 23.8 Å². The molecule has 2 aromatic rings. The van der Waals surface area contributed by atoms with Crippen molar-refractivity contribution >= 4 is 38.9 Å². The van der Waals surface area contributed by atoms with Gasteiger partial charge in [-0.15, -0.1) is 0 Å². The molecule has 1 amide bonds. The number of nitrogens with one attached hydrogen (secondary N) is 1. The first-order valence-corrected chi connectivity index (χ1v) is 14.8. The Labute approximate surface area is 232 Å². The lowest BCUT2D eigenvalue weighted by Gasteiger charge is -2.34. The van der Waals surface area contributed by atoms with Crippen molar-refractivity contribution in [1.82, 2.24) is 9.21 Å². The number of aryl methyl sites for hydroxylation is 2. The standard InChI is InChI=1S/C28H41ClN4O4S/c1-20-17-24(37-6)18-21(2)28(20)38(35,36)32(5)14-12-27(34)30-23-7-8-26(25(29)19-23)33-15-10-22(11-16-33)9-13-31(3)4/h7-8,17-19,22H,9-16H2,1-6H3,(H,30,34). The maximum atomic E-state index is 13.2. The Kier molecular flexibility index (Phi) is 10.5. The van der Waals surface area contributed by atoms with Gasteiger partial charge in [0.25, 0.3) is 0 Å². The average Bonchev–Trinajstić information content (AvgIpc) is 2.85. The number of carbonyl (C=O) groups excluding carboxylic acids is 1. The van der Waals surface area contributed by atoms with Crippen LogP contribution in [0.15, 0.2) is 35.2 Å². The monoisotopic (exact) mass is 564 g/mol. The molecule has 3 rings (SSSR count). The second-order valence-electron chi connectivity index (χ2n) is 10.4. The fraction of sp³-hybridized carbons (Fsp3) is 0.536. The lowest BCUT2D eigenvalue weighted by molar-refractivity contribution is -0.116. The van der Waals surface area contributed by atoms with Gasteiger partial charge in [0.05, 0.1) is 22.7 Å². The third kappa shape index (κ3) is 7.62. The van der Waals surface area contributed by atoms with Crippen molar-refractivity contribution in [2.24, 2.45) is 5.92 Å². The fourth-order valence-corrected chi connectivity index (χ4v) is 6.81. The topological polar surface area (TPSA) is 82.2 Å². The number of ether oxygens (including phenoxy) is 1. The van der Waals surface area contributed by atoms with Crippen molar-refractivity contribution in [3.8, 4) is 5.75 Å². The molecule has 1 fully saturated rings. The Hall–Kier alpha value is -2.33. The van der Waals surface area contributed by atoms with Gasteiger partial charge in [0.15, 0.2) is 0 Å². The lowest BCUT2D eigenvalue weighted by atomic mass is 9.93. The molecule has 1 heterocycles. The minimum absolute atomic E-state index is 0.0177. The maximum absolute atomic E-state index is 13.2. The van der Waals surface area contributed by atoms with Gasteiger partial charge >= 0.3 is 0 Å². The molecule has 38 heavy (non-hydrogen) atoms. The molecular formula is C28H41ClN4O4S. The van der Waals surface area contributed by atoms with E-state index in [1.165, 1.54) is 17.8 Å². The number of anilines is 2. The van der Waals surface area contributed by atoms with Gasteiger partial charge in [-0.1, -0.05) is 11.6 Å². The Bertz CT molecular complexity index is 1200. The lowest BCUT2D eigenvalue weighted by Crippen LogP contribution is -2.34. The largest absolute Gasteiger partial charge is 0.497 e. The number of sulfonamides is 1. The minimum Gasteiger partial charge on any atom is -0.497 e. The number of methoxy groups -OCH3 is 1. The quantitative estimate of drug-likeness (QED) is 0.423. The number of amides is 1. The van der Waals surface area contributed by atoms with E-state index in [1.807, 2.05) is 12.1 Å². The van der Waals surface area contributed by atoms with Crippen LogP contribution < -0.4 is 15.0 Å². The molecule has 0 aromatic heterocycles. The zero-order chi connectivity index (χ0) is 28.0. The molecule has 1 aliphatic rings. The second kappa shape index (κ2) is 13.2. The summed E-state index contributed by atoms with van der Waals surface area (Å²) in [7, 11) is 3.49. The predicted molar refractivity (Wildman–Crippen MR) is 155 cm³/mol. The Morgan fingerprint density at radius 3 is 2.26 bits per heavy atom. The molecule has 10 heteroatoms. The Morgan fingerprint density at radius 1 is 1.08 bits per heavy atom. The van der Waals surface area contributed by atoms with E-state index in [1.54, 1.807) is 39.2 Å². The van der Waals surface area contributed by atoms with Crippen LogP contribution in [0.4, 0.5) is 11.4 Å². The number of hydrogen-bond donors (Lipinski definition) is 1. The number of piperidine rings is 1. The molecule has 1 saturated heterocycles. The van der Waals surface area contributed by atoms with Crippen molar-refractivity contribution in [2.75, 3.05) is 64.6 Å². The highest BCUT2D eigenvalue weighted by Gasteiger charge is 2.26. The summed E-state index contributed by atoms with van der Waals surface area (Å²) in [6.07, 6.45) is 3.53. The molecule has 2 aromatic carbocycles. The van der Waals surface area contributed by atoms with Crippen LogP contribution in [0.5, 0.6) is 5.75 Å². The van der Waals surface area contributed by atoms with E-state index in [4.69, 9.17) is 16.3 Å². The molecule has 0 bridgehead atoms. The van der Waals surface area contributed by atoms with Gasteiger partial charge in [0.2, 0.25) is 15.9 Å². The fourth-order valence-electron chi connectivity index (χ4n) is 4.94. The third-order valence-electron chi connectivity index (χ3n) is 7.16. The van der Waals surface area contributed by atoms with Crippen LogP contribution in [0, 0.1) is 19.8 Å². The molecular weight excluding hydrogens is 524 g/mol. The first-order chi connectivity index (χ1) is 17.9. The molecule has 0 unspecified atom stereocenters. The highest BCUT2D eigenvalue weighted by Crippen LogP contribution is 2.33. The SMILES string of the molecule is COc1cc(C)c(S(=O)(=O)N(C)CCC(=O)Nc2ccc(N3CCC(CCN(C)C)CC3)c(Cl)c2)c(C)c1. The Morgan fingerprint density at radius 2 is 1.71 bits per heavy atom. The van der Waals surface area contributed by atoms with Crippen LogP contribution in [0.2, 0.25) is 5.02 Å². The van der Waals surface area contributed by atoms with Gasteiger partial charge in [-0.2, -0.15) is 0 Å². The van der Waals surface area contributed by atoms with Crippen LogP contribution >= 0.6 is 11.6 Å². The normalized spacial score (nSPS) is 14.8. The van der Waals surface area contributed by atoms with Crippen LogP contribution in [-0.2, 0) is 14.8 Å². The third-order valence-corrected chi connectivity index (χ3v) is 9.63. The summed E-state index contributed by atoms with van der Waals surface area (Å²) in [5.74, 6) is 1.07. The molecule has 0 radical (unpaired) electrons. The zero-order valence-corrected chi connectivity index (χ0v) is 25.0. The number of rotatable bonds is 11. The van der Waals surface area contributed by atoms with E-state index in [0.717, 1.165) is 44.1 Å². The number of halogens is 1. The van der Waals surface area contributed by atoms with Crippen molar-refractivity contribution in [3.63, 3.8) is 0 Å². The van der Waals surface area contributed by atoms with Crippen LogP contribution in [0.3, 0.4) is 0 Å². The average molecular weight is 565 g/mol. The summed E-state index contributed by atoms with van der Waals surface area (Å²) in [5, 5.41) is 3.44. The molecule has 0 aliphatic carbocycles. The van der Waals surface area contributed by atoms with Gasteiger partial charge in [0, 0.05) is 38.8 Å². The molecule has 210 valence electrons. The molecule has 1 aliphatic heterocycles. The summed E-state index contributed by atoms with van der Waals surface area (Å²) in [4.78, 5) is 17.4. The van der Waals surface area contributed by atoms with E-state index in [9.17, 15) is 13.2 Å². The van der Waals surface area contributed by atoms with Gasteiger partial charge in [-0.05, 0) is 101 Å². The van der Waals surface area contributed by atoms with E-state index < -0.39 is 10.0 Å². The molecule has 0 atom stereocenters. The first kappa shape index (κ1) is 30.2. The summed E-state index contributed by atoms with van der Waals surface area (Å²) in [5.41, 5.74) is 2.78.